The Kier molecular flexibility index (Phi) is 1.22. The van der Waals surface area contributed by atoms with Crippen LogP contribution < -0.4 is 0 Å². The molecule has 0 amide bonds. The third kappa shape index (κ3) is 0.827. The summed E-state index contributed by atoms with van der Waals surface area (Å²) in [5.74, 6) is -0.181. The molecule has 1 radical (unpaired) electrons. The van der Waals surface area contributed by atoms with Gasteiger partial charge in [0.1, 0.15) is 5.82 Å². The highest BCUT2D eigenvalue weighted by molar-refractivity contribution is 5.80. The number of rotatable bonds is 0. The zero-order chi connectivity index (χ0) is 7.84. The maximum Gasteiger partial charge on any atom is 0.132 e. The smallest absolute Gasteiger partial charge is 0.132 e. The molecule has 0 aliphatic rings. The summed E-state index contributed by atoms with van der Waals surface area (Å²) in [5, 5.41) is 0.634. The average molecular weight is 148 g/mol. The fraction of sp³-hybridized carbons (Fsp3) is 0.111. The van der Waals surface area contributed by atoms with E-state index in [0.29, 0.717) is 5.39 Å². The number of hydrogen-bond donors (Lipinski definition) is 0. The lowest BCUT2D eigenvalue weighted by atomic mass is 10.2. The van der Waals surface area contributed by atoms with E-state index in [4.69, 9.17) is 0 Å². The SMILES string of the molecule is Cn1[c]cc2c(F)cccc21. The van der Waals surface area contributed by atoms with Crippen LogP contribution in [-0.2, 0) is 7.05 Å². The van der Waals surface area contributed by atoms with Crippen LogP contribution in [0.25, 0.3) is 10.9 Å². The molecule has 1 aromatic heterocycles. The first-order chi connectivity index (χ1) is 5.29. The maximum absolute atomic E-state index is 13.0. The molecule has 0 aliphatic heterocycles. The molecule has 0 bridgehead atoms. The molecule has 2 heteroatoms. The van der Waals surface area contributed by atoms with Gasteiger partial charge in [-0.05, 0) is 18.2 Å². The van der Waals surface area contributed by atoms with Crippen LogP contribution in [0, 0.1) is 12.0 Å². The molecule has 55 valence electrons. The summed E-state index contributed by atoms with van der Waals surface area (Å²) in [6.07, 6.45) is 2.89. The van der Waals surface area contributed by atoms with Gasteiger partial charge in [-0.25, -0.2) is 4.39 Å². The van der Waals surface area contributed by atoms with Crippen LogP contribution in [-0.4, -0.2) is 4.57 Å². The second kappa shape index (κ2) is 2.09. The fourth-order valence-electron chi connectivity index (χ4n) is 1.19. The van der Waals surface area contributed by atoms with Crippen LogP contribution in [0.1, 0.15) is 0 Å². The molecule has 0 saturated carbocycles. The molecule has 11 heavy (non-hydrogen) atoms. The van der Waals surface area contributed by atoms with E-state index >= 15 is 0 Å². The summed E-state index contributed by atoms with van der Waals surface area (Å²) >= 11 is 0. The molecular formula is C9H7FN. The summed E-state index contributed by atoms with van der Waals surface area (Å²) in [4.78, 5) is 0. The zero-order valence-corrected chi connectivity index (χ0v) is 6.13. The lowest BCUT2D eigenvalue weighted by Crippen LogP contribution is -1.84. The van der Waals surface area contributed by atoms with Crippen molar-refractivity contribution in [1.29, 1.82) is 0 Å². The van der Waals surface area contributed by atoms with Gasteiger partial charge in [0.05, 0.1) is 11.7 Å². The Labute approximate surface area is 64.1 Å². The third-order valence-corrected chi connectivity index (χ3v) is 1.79. The predicted octanol–water partition coefficient (Wildman–Crippen LogP) is 2.12. The molecule has 1 nitrogen and oxygen atoms in total. The number of aromatic nitrogens is 1. The largest absolute Gasteiger partial charge is 0.342 e. The molecule has 0 atom stereocenters. The van der Waals surface area contributed by atoms with E-state index in [1.54, 1.807) is 16.7 Å². The third-order valence-electron chi connectivity index (χ3n) is 1.79. The summed E-state index contributed by atoms with van der Waals surface area (Å²) in [7, 11) is 1.85. The zero-order valence-electron chi connectivity index (χ0n) is 6.13. The molecule has 2 aromatic rings. The topological polar surface area (TPSA) is 4.93 Å². The highest BCUT2D eigenvalue weighted by atomic mass is 19.1. The minimum atomic E-state index is -0.181. The molecule has 0 fully saturated rings. The number of nitrogens with zero attached hydrogens (tertiary/aromatic N) is 1. The van der Waals surface area contributed by atoms with Crippen molar-refractivity contribution in [3.8, 4) is 0 Å². The highest BCUT2D eigenvalue weighted by Gasteiger charge is 2.01. The van der Waals surface area contributed by atoms with Gasteiger partial charge in [0.2, 0.25) is 0 Å². The van der Waals surface area contributed by atoms with E-state index in [1.807, 2.05) is 13.1 Å². The standard InChI is InChI=1S/C9H7FN/c1-11-6-5-7-8(10)3-2-4-9(7)11/h2-5H,1H3. The van der Waals surface area contributed by atoms with E-state index in [9.17, 15) is 4.39 Å². The Morgan fingerprint density at radius 3 is 3.00 bits per heavy atom. The first-order valence-electron chi connectivity index (χ1n) is 3.40. The van der Waals surface area contributed by atoms with Crippen molar-refractivity contribution < 1.29 is 4.39 Å². The maximum atomic E-state index is 13.0. The van der Waals surface area contributed by atoms with Gasteiger partial charge in [0.15, 0.2) is 0 Å². The average Bonchev–Trinajstić information content (AvgIpc) is 2.35. The molecule has 0 saturated heterocycles. The molecule has 1 heterocycles. The van der Waals surface area contributed by atoms with Gasteiger partial charge in [-0.2, -0.15) is 0 Å². The molecule has 0 unspecified atom stereocenters. The first-order valence-corrected chi connectivity index (χ1v) is 3.40. The van der Waals surface area contributed by atoms with Crippen LogP contribution in [0.4, 0.5) is 4.39 Å². The van der Waals surface area contributed by atoms with Crippen molar-refractivity contribution in [2.75, 3.05) is 0 Å². The minimum absolute atomic E-state index is 0.181. The van der Waals surface area contributed by atoms with Crippen molar-refractivity contribution in [2.45, 2.75) is 0 Å². The Hall–Kier alpha value is -1.31. The fourth-order valence-corrected chi connectivity index (χ4v) is 1.19. The van der Waals surface area contributed by atoms with E-state index < -0.39 is 0 Å². The van der Waals surface area contributed by atoms with Crippen molar-refractivity contribution in [3.63, 3.8) is 0 Å². The first kappa shape index (κ1) is 6.40. The molecule has 1 aromatic carbocycles. The molecule has 2 rings (SSSR count). The van der Waals surface area contributed by atoms with Gasteiger partial charge in [0, 0.05) is 12.4 Å². The lowest BCUT2D eigenvalue weighted by molar-refractivity contribution is 0.640. The van der Waals surface area contributed by atoms with Crippen LogP contribution in [0.15, 0.2) is 24.3 Å². The Bertz CT molecular complexity index is 389. The van der Waals surface area contributed by atoms with Crippen molar-refractivity contribution in [1.82, 2.24) is 4.57 Å². The van der Waals surface area contributed by atoms with Gasteiger partial charge < -0.3 is 4.57 Å². The number of fused-ring (bicyclic) bond motifs is 1. The second-order valence-corrected chi connectivity index (χ2v) is 2.51. The van der Waals surface area contributed by atoms with Gasteiger partial charge >= 0.3 is 0 Å². The van der Waals surface area contributed by atoms with Crippen LogP contribution in [0.3, 0.4) is 0 Å². The van der Waals surface area contributed by atoms with Crippen molar-refractivity contribution >= 4 is 10.9 Å². The van der Waals surface area contributed by atoms with Crippen molar-refractivity contribution in [3.05, 3.63) is 36.3 Å². The van der Waals surface area contributed by atoms with Gasteiger partial charge in [-0.1, -0.05) is 6.07 Å². The molecule has 0 spiro atoms. The van der Waals surface area contributed by atoms with Crippen LogP contribution in [0.5, 0.6) is 0 Å². The molecule has 0 aliphatic carbocycles. The monoisotopic (exact) mass is 148 g/mol. The Balaban J connectivity index is 2.94. The van der Waals surface area contributed by atoms with E-state index in [2.05, 4.69) is 6.20 Å². The number of aryl methyl sites for hydroxylation is 1. The number of hydrogen-bond acceptors (Lipinski definition) is 0. The number of halogens is 1. The van der Waals surface area contributed by atoms with E-state index in [1.165, 1.54) is 6.07 Å². The normalized spacial score (nSPS) is 10.7. The summed E-state index contributed by atoms with van der Waals surface area (Å²) in [6, 6.07) is 6.68. The predicted molar refractivity (Wildman–Crippen MR) is 41.7 cm³/mol. The van der Waals surface area contributed by atoms with Gasteiger partial charge in [-0.3, -0.25) is 0 Å². The molecule has 0 N–H and O–H groups in total. The highest BCUT2D eigenvalue weighted by Crippen LogP contribution is 2.16. The summed E-state index contributed by atoms with van der Waals surface area (Å²) < 4.78 is 14.7. The molecular weight excluding hydrogens is 141 g/mol. The Morgan fingerprint density at radius 2 is 2.27 bits per heavy atom. The second-order valence-electron chi connectivity index (χ2n) is 2.51. The van der Waals surface area contributed by atoms with E-state index in [-0.39, 0.29) is 5.82 Å². The summed E-state index contributed by atoms with van der Waals surface area (Å²) in [6.45, 7) is 0. The van der Waals surface area contributed by atoms with Gasteiger partial charge in [-0.15, -0.1) is 0 Å². The minimum Gasteiger partial charge on any atom is -0.342 e. The van der Waals surface area contributed by atoms with Crippen molar-refractivity contribution in [2.24, 2.45) is 7.05 Å². The quantitative estimate of drug-likeness (QED) is 0.539. The van der Waals surface area contributed by atoms with Crippen LogP contribution >= 0.6 is 0 Å². The summed E-state index contributed by atoms with van der Waals surface area (Å²) in [5.41, 5.74) is 0.880. The van der Waals surface area contributed by atoms with Gasteiger partial charge in [0.25, 0.3) is 0 Å². The number of benzene rings is 1. The lowest BCUT2D eigenvalue weighted by Gasteiger charge is -1.94. The van der Waals surface area contributed by atoms with Crippen LogP contribution in [0.2, 0.25) is 0 Å². The Morgan fingerprint density at radius 1 is 1.45 bits per heavy atom. The van der Waals surface area contributed by atoms with E-state index in [0.717, 1.165) is 5.52 Å².